The molecule has 0 aliphatic rings. The van der Waals surface area contributed by atoms with Gasteiger partial charge in [0.05, 0.1) is 10.6 Å². The van der Waals surface area contributed by atoms with E-state index in [9.17, 15) is 12.8 Å². The van der Waals surface area contributed by atoms with E-state index in [1.807, 2.05) is 0 Å². The van der Waals surface area contributed by atoms with Crippen molar-refractivity contribution < 1.29 is 12.8 Å². The van der Waals surface area contributed by atoms with Gasteiger partial charge in [0.15, 0.2) is 0 Å². The molecule has 1 aromatic carbocycles. The van der Waals surface area contributed by atoms with E-state index < -0.39 is 15.7 Å². The number of nitrogens with zero attached hydrogens (tertiary/aromatic N) is 1. The summed E-state index contributed by atoms with van der Waals surface area (Å²) in [6.07, 6.45) is 4.38. The van der Waals surface area contributed by atoms with Gasteiger partial charge in [-0.2, -0.15) is 0 Å². The lowest BCUT2D eigenvalue weighted by molar-refractivity contribution is 0.594. The van der Waals surface area contributed by atoms with Gasteiger partial charge >= 0.3 is 0 Å². The molecule has 2 N–H and O–H groups in total. The Morgan fingerprint density at radius 2 is 2.00 bits per heavy atom. The molecule has 0 bridgehead atoms. The maximum atomic E-state index is 14.2. The van der Waals surface area contributed by atoms with Crippen LogP contribution in [-0.4, -0.2) is 25.4 Å². The molecule has 0 radical (unpaired) electrons. The number of aromatic nitrogens is 2. The van der Waals surface area contributed by atoms with E-state index in [0.717, 1.165) is 0 Å². The molecule has 3 aromatic rings. The predicted octanol–water partition coefficient (Wildman–Crippen LogP) is 2.77. The first kappa shape index (κ1) is 16.4. The molecule has 24 heavy (non-hydrogen) atoms. The summed E-state index contributed by atoms with van der Waals surface area (Å²) in [6.45, 7) is 0.333. The number of aromatic amines is 1. The molecule has 2 heterocycles. The molecule has 0 atom stereocenters. The van der Waals surface area contributed by atoms with E-state index >= 15 is 0 Å². The Balaban J connectivity index is 2.26. The zero-order valence-corrected chi connectivity index (χ0v) is 13.8. The molecule has 0 fully saturated rings. The van der Waals surface area contributed by atoms with Gasteiger partial charge in [-0.25, -0.2) is 12.8 Å². The van der Waals surface area contributed by atoms with Crippen molar-refractivity contribution in [3.8, 4) is 11.3 Å². The molecule has 0 aliphatic heterocycles. The number of benzene rings is 1. The van der Waals surface area contributed by atoms with Crippen molar-refractivity contribution in [2.24, 2.45) is 0 Å². The van der Waals surface area contributed by atoms with Gasteiger partial charge in [0.25, 0.3) is 0 Å². The van der Waals surface area contributed by atoms with Crippen molar-refractivity contribution >= 4 is 9.84 Å². The summed E-state index contributed by atoms with van der Waals surface area (Å²) >= 11 is 0. The molecule has 5 nitrogen and oxygen atoms in total. The van der Waals surface area contributed by atoms with Crippen LogP contribution in [0.15, 0.2) is 64.8 Å². The highest BCUT2D eigenvalue weighted by molar-refractivity contribution is 7.91. The Morgan fingerprint density at radius 3 is 2.67 bits per heavy atom. The molecule has 0 saturated heterocycles. The van der Waals surface area contributed by atoms with Gasteiger partial charge in [0.2, 0.25) is 9.84 Å². The molecule has 7 heteroatoms. The second kappa shape index (κ2) is 6.54. The number of nitrogens with one attached hydrogen (secondary N) is 2. The van der Waals surface area contributed by atoms with Crippen LogP contribution in [0.5, 0.6) is 0 Å². The second-order valence-corrected chi connectivity index (χ2v) is 7.11. The largest absolute Gasteiger partial charge is 0.360 e. The van der Waals surface area contributed by atoms with Crippen molar-refractivity contribution in [1.82, 2.24) is 15.3 Å². The maximum absolute atomic E-state index is 14.2. The summed E-state index contributed by atoms with van der Waals surface area (Å²) in [5.41, 5.74) is 0.990. The highest BCUT2D eigenvalue weighted by Gasteiger charge is 2.28. The SMILES string of the molecule is CNCc1c[nH]c(-c2ccccc2F)c1S(=O)(=O)c1cccnc1. The Hall–Kier alpha value is -2.51. The van der Waals surface area contributed by atoms with Crippen molar-refractivity contribution in [2.45, 2.75) is 16.3 Å². The third-order valence-corrected chi connectivity index (χ3v) is 5.50. The van der Waals surface area contributed by atoms with Crippen LogP contribution in [-0.2, 0) is 16.4 Å². The van der Waals surface area contributed by atoms with Crippen molar-refractivity contribution in [2.75, 3.05) is 7.05 Å². The lowest BCUT2D eigenvalue weighted by atomic mass is 10.1. The molecular weight excluding hydrogens is 329 g/mol. The highest BCUT2D eigenvalue weighted by Crippen LogP contribution is 2.34. The number of hydrogen-bond donors (Lipinski definition) is 2. The predicted molar refractivity (Wildman–Crippen MR) is 88.6 cm³/mol. The molecule has 0 unspecified atom stereocenters. The Morgan fingerprint density at radius 1 is 1.21 bits per heavy atom. The molecule has 0 saturated carbocycles. The lowest BCUT2D eigenvalue weighted by Gasteiger charge is -2.10. The molecule has 0 spiro atoms. The van der Waals surface area contributed by atoms with Gasteiger partial charge in [0, 0.05) is 36.3 Å². The maximum Gasteiger partial charge on any atom is 0.210 e. The third-order valence-electron chi connectivity index (χ3n) is 3.63. The quantitative estimate of drug-likeness (QED) is 0.746. The van der Waals surface area contributed by atoms with Crippen LogP contribution in [0.3, 0.4) is 0 Å². The van der Waals surface area contributed by atoms with Gasteiger partial charge in [-0.05, 0) is 31.3 Å². The summed E-state index contributed by atoms with van der Waals surface area (Å²) in [5, 5.41) is 2.93. The third kappa shape index (κ3) is 2.83. The van der Waals surface area contributed by atoms with E-state index in [2.05, 4.69) is 15.3 Å². The van der Waals surface area contributed by atoms with Gasteiger partial charge in [-0.1, -0.05) is 12.1 Å². The van der Waals surface area contributed by atoms with Crippen molar-refractivity contribution in [3.63, 3.8) is 0 Å². The Bertz CT molecular complexity index is 953. The number of H-pyrrole nitrogens is 1. The molecule has 0 aliphatic carbocycles. The van der Waals surface area contributed by atoms with E-state index in [1.165, 1.54) is 24.5 Å². The summed E-state index contributed by atoms with van der Waals surface area (Å²) < 4.78 is 40.4. The van der Waals surface area contributed by atoms with E-state index in [-0.39, 0.29) is 21.0 Å². The number of pyridine rings is 1. The minimum Gasteiger partial charge on any atom is -0.360 e. The number of hydrogen-bond acceptors (Lipinski definition) is 4. The van der Waals surface area contributed by atoms with Crippen LogP contribution < -0.4 is 5.32 Å². The highest BCUT2D eigenvalue weighted by atomic mass is 32.2. The van der Waals surface area contributed by atoms with Gasteiger partial charge in [-0.3, -0.25) is 4.98 Å². The van der Waals surface area contributed by atoms with Crippen molar-refractivity contribution in [3.05, 3.63) is 66.4 Å². The lowest BCUT2D eigenvalue weighted by Crippen LogP contribution is -2.11. The minimum absolute atomic E-state index is 0.0648. The number of halogens is 1. The average Bonchev–Trinajstić information content (AvgIpc) is 3.01. The smallest absolute Gasteiger partial charge is 0.210 e. The summed E-state index contributed by atoms with van der Waals surface area (Å²) in [7, 11) is -2.13. The number of sulfone groups is 1. The molecule has 2 aromatic heterocycles. The van der Waals surface area contributed by atoms with Crippen LogP contribution in [0.4, 0.5) is 4.39 Å². The van der Waals surface area contributed by atoms with Crippen LogP contribution in [0.25, 0.3) is 11.3 Å². The van der Waals surface area contributed by atoms with Gasteiger partial charge < -0.3 is 10.3 Å². The van der Waals surface area contributed by atoms with E-state index in [0.29, 0.717) is 12.1 Å². The summed E-state index contributed by atoms with van der Waals surface area (Å²) in [5.74, 6) is -0.488. The fourth-order valence-electron chi connectivity index (χ4n) is 2.57. The minimum atomic E-state index is -3.84. The molecule has 0 amide bonds. The first-order valence-electron chi connectivity index (χ1n) is 7.30. The monoisotopic (exact) mass is 345 g/mol. The Kier molecular flexibility index (Phi) is 4.46. The zero-order chi connectivity index (χ0) is 17.2. The van der Waals surface area contributed by atoms with Gasteiger partial charge in [-0.15, -0.1) is 0 Å². The molecular formula is C17H16FN3O2S. The first-order chi connectivity index (χ1) is 11.6. The second-order valence-electron chi connectivity index (χ2n) is 5.22. The fraction of sp³-hybridized carbons (Fsp3) is 0.118. The standard InChI is InChI=1S/C17H16FN3O2S/c1-19-9-12-10-21-16(14-6-2-3-7-15(14)18)17(12)24(22,23)13-5-4-8-20-11-13/h2-8,10-11,19,21H,9H2,1H3. The van der Waals surface area contributed by atoms with Crippen LogP contribution in [0.1, 0.15) is 5.56 Å². The zero-order valence-electron chi connectivity index (χ0n) is 13.0. The summed E-state index contributed by atoms with van der Waals surface area (Å²) in [6, 6.07) is 9.10. The first-order valence-corrected chi connectivity index (χ1v) is 8.79. The summed E-state index contributed by atoms with van der Waals surface area (Å²) in [4.78, 5) is 6.92. The Labute approximate surface area is 139 Å². The van der Waals surface area contributed by atoms with Crippen LogP contribution in [0.2, 0.25) is 0 Å². The fourth-order valence-corrected chi connectivity index (χ4v) is 4.17. The number of rotatable bonds is 5. The van der Waals surface area contributed by atoms with E-state index in [1.54, 1.807) is 37.5 Å². The van der Waals surface area contributed by atoms with Crippen LogP contribution in [0, 0.1) is 5.82 Å². The van der Waals surface area contributed by atoms with Crippen molar-refractivity contribution in [1.29, 1.82) is 0 Å². The van der Waals surface area contributed by atoms with Crippen LogP contribution >= 0.6 is 0 Å². The van der Waals surface area contributed by atoms with Gasteiger partial charge in [0.1, 0.15) is 10.7 Å². The topological polar surface area (TPSA) is 74.8 Å². The normalized spacial score (nSPS) is 11.6. The van der Waals surface area contributed by atoms with E-state index in [4.69, 9.17) is 0 Å². The average molecular weight is 345 g/mol. The molecule has 3 rings (SSSR count). The molecule has 124 valence electrons.